The van der Waals surface area contributed by atoms with E-state index in [0.29, 0.717) is 21.5 Å². The Kier molecular flexibility index (Phi) is 5.57. The molecular formula is C30H25BrN2O4. The van der Waals surface area contributed by atoms with Crippen LogP contribution in [-0.4, -0.2) is 35.6 Å². The number of hydrogen-bond donors (Lipinski definition) is 0. The number of carbonyl (C=O) groups is 3. The number of amides is 2. The van der Waals surface area contributed by atoms with Crippen molar-refractivity contribution in [2.24, 2.45) is 11.8 Å². The molecule has 3 aromatic carbocycles. The minimum Gasteiger partial charge on any atom is -0.496 e. The first-order valence-corrected chi connectivity index (χ1v) is 13.0. The van der Waals surface area contributed by atoms with Crippen molar-refractivity contribution in [3.8, 4) is 5.75 Å². The van der Waals surface area contributed by atoms with E-state index in [0.717, 1.165) is 22.3 Å². The van der Waals surface area contributed by atoms with Gasteiger partial charge in [0, 0.05) is 11.8 Å². The van der Waals surface area contributed by atoms with E-state index in [2.05, 4.69) is 15.9 Å². The largest absolute Gasteiger partial charge is 0.496 e. The summed E-state index contributed by atoms with van der Waals surface area (Å²) in [6.07, 6.45) is 3.82. The van der Waals surface area contributed by atoms with E-state index in [1.807, 2.05) is 73.5 Å². The van der Waals surface area contributed by atoms with E-state index in [4.69, 9.17) is 4.74 Å². The fourth-order valence-electron chi connectivity index (χ4n) is 6.14. The van der Waals surface area contributed by atoms with Crippen LogP contribution in [0.3, 0.4) is 0 Å². The molecule has 6 nitrogen and oxygen atoms in total. The third-order valence-corrected chi connectivity index (χ3v) is 8.38. The van der Waals surface area contributed by atoms with Crippen LogP contribution in [-0.2, 0) is 9.59 Å². The third-order valence-electron chi connectivity index (χ3n) is 7.76. The van der Waals surface area contributed by atoms with Gasteiger partial charge in [0.05, 0.1) is 35.1 Å². The van der Waals surface area contributed by atoms with Crippen LogP contribution in [0.5, 0.6) is 5.75 Å². The van der Waals surface area contributed by atoms with Crippen molar-refractivity contribution in [3.63, 3.8) is 0 Å². The average molecular weight is 557 g/mol. The predicted molar refractivity (Wildman–Crippen MR) is 144 cm³/mol. The molecule has 0 N–H and O–H groups in total. The molecule has 0 aromatic heterocycles. The predicted octanol–water partition coefficient (Wildman–Crippen LogP) is 5.47. The topological polar surface area (TPSA) is 66.9 Å². The van der Waals surface area contributed by atoms with Crippen LogP contribution in [0.4, 0.5) is 5.69 Å². The molecule has 6 rings (SSSR count). The fourth-order valence-corrected chi connectivity index (χ4v) is 6.68. The molecule has 3 aliphatic rings. The molecule has 2 amide bonds. The maximum Gasteiger partial charge on any atom is 0.240 e. The van der Waals surface area contributed by atoms with Crippen molar-refractivity contribution in [2.75, 3.05) is 12.0 Å². The van der Waals surface area contributed by atoms with Gasteiger partial charge in [0.25, 0.3) is 0 Å². The Morgan fingerprint density at radius 1 is 0.946 bits per heavy atom. The number of nitrogens with zero attached hydrogens (tertiary/aromatic N) is 2. The summed E-state index contributed by atoms with van der Waals surface area (Å²) in [4.78, 5) is 45.5. The zero-order chi connectivity index (χ0) is 26.0. The summed E-state index contributed by atoms with van der Waals surface area (Å²) in [6.45, 7) is 3.88. The molecule has 0 bridgehead atoms. The van der Waals surface area contributed by atoms with Gasteiger partial charge < -0.3 is 9.64 Å². The summed E-state index contributed by atoms with van der Waals surface area (Å²) < 4.78 is 5.98. The highest BCUT2D eigenvalue weighted by Crippen LogP contribution is 2.54. The van der Waals surface area contributed by atoms with Gasteiger partial charge in [-0.3, -0.25) is 14.4 Å². The van der Waals surface area contributed by atoms with Crippen LogP contribution in [0.1, 0.15) is 38.7 Å². The second-order valence-corrected chi connectivity index (χ2v) is 10.7. The summed E-state index contributed by atoms with van der Waals surface area (Å²) in [5.74, 6) is -1.65. The van der Waals surface area contributed by atoms with E-state index < -0.39 is 23.9 Å². The van der Waals surface area contributed by atoms with Crippen molar-refractivity contribution < 1.29 is 19.1 Å². The number of ketones is 1. The van der Waals surface area contributed by atoms with Gasteiger partial charge in [-0.25, -0.2) is 4.90 Å². The van der Waals surface area contributed by atoms with Crippen molar-refractivity contribution in [1.29, 1.82) is 0 Å². The quantitative estimate of drug-likeness (QED) is 0.314. The van der Waals surface area contributed by atoms with E-state index in [1.165, 1.54) is 4.90 Å². The van der Waals surface area contributed by atoms with Gasteiger partial charge in [-0.2, -0.15) is 0 Å². The molecule has 2 saturated heterocycles. The molecule has 186 valence electrons. The maximum atomic E-state index is 14.1. The number of imide groups is 1. The molecule has 7 heteroatoms. The summed E-state index contributed by atoms with van der Waals surface area (Å²) in [5, 5.41) is 0. The van der Waals surface area contributed by atoms with Gasteiger partial charge in [0.15, 0.2) is 5.78 Å². The molecular weight excluding hydrogens is 532 g/mol. The van der Waals surface area contributed by atoms with Gasteiger partial charge in [-0.05, 0) is 76.8 Å². The number of methoxy groups -OCH3 is 1. The summed E-state index contributed by atoms with van der Waals surface area (Å²) in [7, 11) is 1.56. The Morgan fingerprint density at radius 3 is 2.43 bits per heavy atom. The highest BCUT2D eigenvalue weighted by molar-refractivity contribution is 9.10. The number of ether oxygens (including phenoxy) is 1. The SMILES string of the molecule is COc1ccc(C(=O)[C@@H]2[C@@H]3C(=O)N(c4ccc(C)cc4C)C(=O)[C@H]3[C@@H]3c4ccccc4C=CN23)cc1Br. The van der Waals surface area contributed by atoms with E-state index in [-0.39, 0.29) is 17.6 Å². The van der Waals surface area contributed by atoms with Crippen molar-refractivity contribution >= 4 is 45.3 Å². The van der Waals surface area contributed by atoms with Crippen LogP contribution in [0.2, 0.25) is 0 Å². The number of fused-ring (bicyclic) bond motifs is 5. The lowest BCUT2D eigenvalue weighted by atomic mass is 9.83. The van der Waals surface area contributed by atoms with Gasteiger partial charge >= 0.3 is 0 Å². The number of benzene rings is 3. The Hall–Kier alpha value is -3.71. The molecule has 0 spiro atoms. The van der Waals surface area contributed by atoms with Crippen molar-refractivity contribution in [1.82, 2.24) is 4.90 Å². The number of anilines is 1. The van der Waals surface area contributed by atoms with Crippen LogP contribution < -0.4 is 9.64 Å². The van der Waals surface area contributed by atoms with Crippen molar-refractivity contribution in [2.45, 2.75) is 25.9 Å². The van der Waals surface area contributed by atoms with E-state index in [9.17, 15) is 14.4 Å². The fraction of sp³-hybridized carbons (Fsp3) is 0.233. The monoisotopic (exact) mass is 556 g/mol. The molecule has 3 aromatic rings. The summed E-state index contributed by atoms with van der Waals surface area (Å²) in [6, 6.07) is 17.5. The Labute approximate surface area is 223 Å². The van der Waals surface area contributed by atoms with Gasteiger partial charge in [-0.15, -0.1) is 0 Å². The molecule has 2 fully saturated rings. The molecule has 37 heavy (non-hydrogen) atoms. The van der Waals surface area contributed by atoms with E-state index >= 15 is 0 Å². The zero-order valence-electron chi connectivity index (χ0n) is 20.6. The molecule has 3 heterocycles. The van der Waals surface area contributed by atoms with Crippen LogP contribution in [0.25, 0.3) is 6.08 Å². The second-order valence-electron chi connectivity index (χ2n) is 9.85. The summed E-state index contributed by atoms with van der Waals surface area (Å²) >= 11 is 3.47. The second kappa shape index (κ2) is 8.70. The number of rotatable bonds is 4. The van der Waals surface area contributed by atoms with Gasteiger partial charge in [-0.1, -0.05) is 42.0 Å². The Morgan fingerprint density at radius 2 is 1.70 bits per heavy atom. The highest BCUT2D eigenvalue weighted by Gasteiger charge is 2.64. The standard InChI is InChI=1S/C30H25BrN2O4/c1-16-8-10-22(17(2)14-16)33-29(35)24-25(30(33)36)27(28(34)19-9-11-23(37-3)21(31)15-19)32-13-12-18-6-4-5-7-20(18)26(24)32/h4-15,24-27H,1-3H3/t24-,25-,26+,27+/m1/s1. The lowest BCUT2D eigenvalue weighted by Crippen LogP contribution is -2.44. The number of halogens is 1. The van der Waals surface area contributed by atoms with Crippen molar-refractivity contribution in [3.05, 3.63) is 99.2 Å². The molecule has 0 aliphatic carbocycles. The number of hydrogen-bond acceptors (Lipinski definition) is 5. The molecule has 0 saturated carbocycles. The van der Waals surface area contributed by atoms with Gasteiger partial charge in [0.1, 0.15) is 11.8 Å². The first-order valence-electron chi connectivity index (χ1n) is 12.2. The first-order chi connectivity index (χ1) is 17.8. The minimum absolute atomic E-state index is 0.200. The zero-order valence-corrected chi connectivity index (χ0v) is 22.2. The normalized spacial score (nSPS) is 23.7. The first kappa shape index (κ1) is 23.7. The molecule has 3 aliphatic heterocycles. The molecule has 0 unspecified atom stereocenters. The van der Waals surface area contributed by atoms with Crippen LogP contribution >= 0.6 is 15.9 Å². The average Bonchev–Trinajstić information content (AvgIpc) is 3.36. The molecule has 0 radical (unpaired) electrons. The lowest BCUT2D eigenvalue weighted by Gasteiger charge is -2.35. The number of aryl methyl sites for hydroxylation is 2. The number of carbonyl (C=O) groups excluding carboxylic acids is 3. The Bertz CT molecular complexity index is 1510. The lowest BCUT2D eigenvalue weighted by molar-refractivity contribution is -0.123. The highest BCUT2D eigenvalue weighted by atomic mass is 79.9. The van der Waals surface area contributed by atoms with Gasteiger partial charge in [0.2, 0.25) is 11.8 Å². The summed E-state index contributed by atoms with van der Waals surface area (Å²) in [5.41, 5.74) is 4.89. The third kappa shape index (κ3) is 3.48. The maximum absolute atomic E-state index is 14.1. The van der Waals surface area contributed by atoms with Crippen LogP contribution in [0, 0.1) is 25.7 Å². The van der Waals surface area contributed by atoms with Crippen LogP contribution in [0.15, 0.2) is 71.3 Å². The Balaban J connectivity index is 1.49. The minimum atomic E-state index is -0.813. The molecule has 4 atom stereocenters. The smallest absolute Gasteiger partial charge is 0.240 e. The number of Topliss-reactive ketones (excluding diaryl/α,β-unsaturated/α-hetero) is 1. The van der Waals surface area contributed by atoms with E-state index in [1.54, 1.807) is 25.3 Å².